The number of carbonyl (C=O) groups excluding carboxylic acids is 1. The van der Waals surface area contributed by atoms with Crippen LogP contribution < -0.4 is 5.32 Å². The third-order valence-electron chi connectivity index (χ3n) is 4.93. The van der Waals surface area contributed by atoms with Crippen molar-refractivity contribution in [2.45, 2.75) is 26.2 Å². The van der Waals surface area contributed by atoms with E-state index in [0.717, 1.165) is 26.2 Å². The summed E-state index contributed by atoms with van der Waals surface area (Å²) in [4.78, 5) is 25.5. The summed E-state index contributed by atoms with van der Waals surface area (Å²) in [5.74, 6) is 0.938. The van der Waals surface area contributed by atoms with Crippen molar-refractivity contribution >= 4 is 11.6 Å². The van der Waals surface area contributed by atoms with Gasteiger partial charge in [0.05, 0.1) is 4.92 Å². The summed E-state index contributed by atoms with van der Waals surface area (Å²) >= 11 is 0. The molecule has 1 aromatic rings. The highest BCUT2D eigenvalue weighted by molar-refractivity contribution is 5.95. The smallest absolute Gasteiger partial charge is 0.273 e. The van der Waals surface area contributed by atoms with E-state index >= 15 is 0 Å². The number of carbonyl (C=O) groups is 1. The van der Waals surface area contributed by atoms with Crippen LogP contribution in [-0.2, 0) is 5.41 Å². The van der Waals surface area contributed by atoms with Crippen LogP contribution in [-0.4, -0.2) is 41.9 Å². The van der Waals surface area contributed by atoms with E-state index < -0.39 is 0 Å². The molecule has 1 aromatic carbocycles. The molecule has 1 amide bonds. The van der Waals surface area contributed by atoms with Crippen molar-refractivity contribution < 1.29 is 9.72 Å². The predicted octanol–water partition coefficient (Wildman–Crippen LogP) is 2.18. The molecule has 0 unspecified atom stereocenters. The molecule has 2 atom stereocenters. The Hall–Kier alpha value is -1.95. The molecule has 2 aliphatic rings. The van der Waals surface area contributed by atoms with E-state index in [1.807, 2.05) is 25.7 Å². The van der Waals surface area contributed by atoms with Gasteiger partial charge in [0.1, 0.15) is 0 Å². The third kappa shape index (κ3) is 2.95. The van der Waals surface area contributed by atoms with Crippen LogP contribution in [0.4, 0.5) is 5.69 Å². The summed E-state index contributed by atoms with van der Waals surface area (Å²) in [5.41, 5.74) is 0.768. The molecule has 2 aliphatic heterocycles. The van der Waals surface area contributed by atoms with Gasteiger partial charge in [0.25, 0.3) is 11.6 Å². The summed E-state index contributed by atoms with van der Waals surface area (Å²) < 4.78 is 0. The molecule has 6 nitrogen and oxygen atoms in total. The Morgan fingerprint density at radius 2 is 1.87 bits per heavy atom. The Morgan fingerprint density at radius 3 is 2.39 bits per heavy atom. The molecule has 2 fully saturated rings. The second kappa shape index (κ2) is 5.60. The Balaban J connectivity index is 1.87. The molecule has 0 spiro atoms. The van der Waals surface area contributed by atoms with E-state index in [-0.39, 0.29) is 21.9 Å². The molecule has 23 heavy (non-hydrogen) atoms. The zero-order valence-corrected chi connectivity index (χ0v) is 13.8. The Morgan fingerprint density at radius 1 is 1.26 bits per heavy atom. The number of nitro groups is 1. The van der Waals surface area contributed by atoms with E-state index in [2.05, 4.69) is 5.32 Å². The molecule has 0 bridgehead atoms. The van der Waals surface area contributed by atoms with Crippen LogP contribution >= 0.6 is 0 Å². The van der Waals surface area contributed by atoms with Crippen LogP contribution in [0, 0.1) is 22.0 Å². The average molecular weight is 317 g/mol. The highest BCUT2D eigenvalue weighted by Crippen LogP contribution is 2.33. The molecule has 0 radical (unpaired) electrons. The lowest BCUT2D eigenvalue weighted by molar-refractivity contribution is -0.386. The van der Waals surface area contributed by atoms with Crippen LogP contribution in [0.25, 0.3) is 0 Å². The molecule has 124 valence electrons. The summed E-state index contributed by atoms with van der Waals surface area (Å²) in [6, 6.07) is 4.89. The fourth-order valence-corrected chi connectivity index (χ4v) is 3.65. The standard InChI is InChI=1S/C17H23N3O3/c1-17(2,3)14-5-4-11(6-15(14)20(22)23)16(21)19-9-12-7-18-8-13(12)10-19/h4-6,12-13,18H,7-10H2,1-3H3/t12-,13+. The fraction of sp³-hybridized carbons (Fsp3) is 0.588. The highest BCUT2D eigenvalue weighted by Gasteiger charge is 2.38. The van der Waals surface area contributed by atoms with E-state index in [4.69, 9.17) is 0 Å². The zero-order chi connectivity index (χ0) is 16.8. The molecule has 6 heteroatoms. The number of amides is 1. The normalized spacial score (nSPS) is 23.9. The summed E-state index contributed by atoms with van der Waals surface area (Å²) in [6.45, 7) is 9.20. The van der Waals surface area contributed by atoms with Crippen molar-refractivity contribution in [1.82, 2.24) is 10.2 Å². The van der Waals surface area contributed by atoms with Gasteiger partial charge in [-0.25, -0.2) is 0 Å². The molecule has 0 aromatic heterocycles. The molecule has 3 rings (SSSR count). The van der Waals surface area contributed by atoms with Gasteiger partial charge >= 0.3 is 0 Å². The van der Waals surface area contributed by atoms with Gasteiger partial charge in [-0.2, -0.15) is 0 Å². The van der Waals surface area contributed by atoms with Gasteiger partial charge in [0, 0.05) is 43.4 Å². The lowest BCUT2D eigenvalue weighted by Gasteiger charge is -2.21. The first-order chi connectivity index (χ1) is 10.8. The van der Waals surface area contributed by atoms with Gasteiger partial charge in [-0.3, -0.25) is 14.9 Å². The van der Waals surface area contributed by atoms with E-state index in [9.17, 15) is 14.9 Å². The van der Waals surface area contributed by atoms with Crippen LogP contribution in [0.1, 0.15) is 36.7 Å². The summed E-state index contributed by atoms with van der Waals surface area (Å²) in [5, 5.41) is 14.7. The van der Waals surface area contributed by atoms with Crippen LogP contribution in [0.15, 0.2) is 18.2 Å². The SMILES string of the molecule is CC(C)(C)c1ccc(C(=O)N2C[C@H]3CNC[C@H]3C2)cc1[N+](=O)[O-]. The second-order valence-corrected chi connectivity index (χ2v) is 7.63. The number of hydrogen-bond acceptors (Lipinski definition) is 4. The number of benzene rings is 1. The number of nitro benzene ring substituents is 1. The fourth-order valence-electron chi connectivity index (χ4n) is 3.65. The van der Waals surface area contributed by atoms with Gasteiger partial charge < -0.3 is 10.2 Å². The number of fused-ring (bicyclic) bond motifs is 1. The van der Waals surface area contributed by atoms with Gasteiger partial charge in [-0.1, -0.05) is 26.8 Å². The first-order valence-electron chi connectivity index (χ1n) is 8.06. The van der Waals surface area contributed by atoms with Crippen molar-refractivity contribution in [2.75, 3.05) is 26.2 Å². The molecule has 0 saturated carbocycles. The summed E-state index contributed by atoms with van der Waals surface area (Å²) in [7, 11) is 0. The van der Waals surface area contributed by atoms with E-state index in [1.165, 1.54) is 6.07 Å². The quantitative estimate of drug-likeness (QED) is 0.670. The minimum atomic E-state index is -0.389. The van der Waals surface area contributed by atoms with Crippen molar-refractivity contribution in [3.05, 3.63) is 39.4 Å². The molecule has 2 heterocycles. The van der Waals surface area contributed by atoms with Crippen LogP contribution in [0.3, 0.4) is 0 Å². The maximum absolute atomic E-state index is 12.7. The minimum Gasteiger partial charge on any atom is -0.338 e. The van der Waals surface area contributed by atoms with Crippen molar-refractivity contribution in [3.8, 4) is 0 Å². The molecular formula is C17H23N3O3. The van der Waals surface area contributed by atoms with Crippen LogP contribution in [0.5, 0.6) is 0 Å². The number of hydrogen-bond donors (Lipinski definition) is 1. The molecule has 1 N–H and O–H groups in total. The number of nitrogens with zero attached hydrogens (tertiary/aromatic N) is 2. The predicted molar refractivity (Wildman–Crippen MR) is 87.5 cm³/mol. The van der Waals surface area contributed by atoms with Gasteiger partial charge in [-0.15, -0.1) is 0 Å². The number of nitrogens with one attached hydrogen (secondary N) is 1. The van der Waals surface area contributed by atoms with Crippen molar-refractivity contribution in [3.63, 3.8) is 0 Å². The van der Waals surface area contributed by atoms with E-state index in [1.54, 1.807) is 12.1 Å². The molecule has 0 aliphatic carbocycles. The average Bonchev–Trinajstić information content (AvgIpc) is 3.06. The molecule has 2 saturated heterocycles. The van der Waals surface area contributed by atoms with Gasteiger partial charge in [0.15, 0.2) is 0 Å². The lowest BCUT2D eigenvalue weighted by atomic mass is 9.85. The Bertz CT molecular complexity index is 639. The van der Waals surface area contributed by atoms with Gasteiger partial charge in [-0.05, 0) is 23.3 Å². The topological polar surface area (TPSA) is 75.5 Å². The van der Waals surface area contributed by atoms with Crippen molar-refractivity contribution in [2.24, 2.45) is 11.8 Å². The number of rotatable bonds is 2. The zero-order valence-electron chi connectivity index (χ0n) is 13.8. The molecular weight excluding hydrogens is 294 g/mol. The van der Waals surface area contributed by atoms with Gasteiger partial charge in [0.2, 0.25) is 0 Å². The number of likely N-dealkylation sites (tertiary alicyclic amines) is 1. The largest absolute Gasteiger partial charge is 0.338 e. The first-order valence-corrected chi connectivity index (χ1v) is 8.06. The minimum absolute atomic E-state index is 0.0319. The maximum atomic E-state index is 12.7. The summed E-state index contributed by atoms with van der Waals surface area (Å²) in [6.07, 6.45) is 0. The second-order valence-electron chi connectivity index (χ2n) is 7.63. The highest BCUT2D eigenvalue weighted by atomic mass is 16.6. The first kappa shape index (κ1) is 15.9. The third-order valence-corrected chi connectivity index (χ3v) is 4.93. The maximum Gasteiger partial charge on any atom is 0.273 e. The Labute approximate surface area is 136 Å². The monoisotopic (exact) mass is 317 g/mol. The Kier molecular flexibility index (Phi) is 3.88. The van der Waals surface area contributed by atoms with E-state index in [0.29, 0.717) is 23.0 Å². The van der Waals surface area contributed by atoms with Crippen molar-refractivity contribution in [1.29, 1.82) is 0 Å². The van der Waals surface area contributed by atoms with Crippen LogP contribution in [0.2, 0.25) is 0 Å². The lowest BCUT2D eigenvalue weighted by Crippen LogP contribution is -2.32.